The molecule has 3 heteroatoms. The number of hydrogen-bond donors (Lipinski definition) is 1. The third kappa shape index (κ3) is 3.43. The molecule has 0 spiro atoms. The fraction of sp³-hybridized carbons (Fsp3) is 1.00. The lowest BCUT2D eigenvalue weighted by molar-refractivity contribution is 0.0864. The second kappa shape index (κ2) is 6.72. The standard InChI is InChI=1S/C14H31N3/c1-5-13(6-2)10-17(7-3)14(11-15)8-9-16(4)12-14/h13H,5-12,15H2,1-4H3. The van der Waals surface area contributed by atoms with Gasteiger partial charge in [-0.3, -0.25) is 4.90 Å². The minimum Gasteiger partial charge on any atom is -0.329 e. The van der Waals surface area contributed by atoms with Crippen LogP contribution in [-0.4, -0.2) is 55.1 Å². The summed E-state index contributed by atoms with van der Waals surface area (Å²) >= 11 is 0. The van der Waals surface area contributed by atoms with Gasteiger partial charge in [0.05, 0.1) is 0 Å². The van der Waals surface area contributed by atoms with Crippen molar-refractivity contribution in [3.05, 3.63) is 0 Å². The molecule has 3 nitrogen and oxygen atoms in total. The Labute approximate surface area is 107 Å². The molecule has 1 saturated heterocycles. The molecule has 0 aromatic rings. The van der Waals surface area contributed by atoms with Gasteiger partial charge in [-0.2, -0.15) is 0 Å². The Kier molecular flexibility index (Phi) is 5.90. The highest BCUT2D eigenvalue weighted by atomic mass is 15.3. The molecule has 1 aliphatic heterocycles. The van der Waals surface area contributed by atoms with Crippen molar-refractivity contribution in [3.8, 4) is 0 Å². The predicted octanol–water partition coefficient (Wildman–Crippen LogP) is 1.78. The highest BCUT2D eigenvalue weighted by Gasteiger charge is 2.40. The average Bonchev–Trinajstić information content (AvgIpc) is 2.74. The van der Waals surface area contributed by atoms with E-state index in [4.69, 9.17) is 5.73 Å². The van der Waals surface area contributed by atoms with Crippen LogP contribution in [-0.2, 0) is 0 Å². The Morgan fingerprint density at radius 2 is 1.94 bits per heavy atom. The summed E-state index contributed by atoms with van der Waals surface area (Å²) < 4.78 is 0. The Balaban J connectivity index is 2.70. The van der Waals surface area contributed by atoms with Crippen molar-refractivity contribution in [2.24, 2.45) is 11.7 Å². The SMILES string of the molecule is CCC(CC)CN(CC)C1(CN)CCN(C)C1. The average molecular weight is 241 g/mol. The number of nitrogens with zero attached hydrogens (tertiary/aromatic N) is 2. The van der Waals surface area contributed by atoms with Crippen LogP contribution in [0, 0.1) is 5.92 Å². The molecular formula is C14H31N3. The molecule has 1 fully saturated rings. The molecule has 0 aliphatic carbocycles. The van der Waals surface area contributed by atoms with Crippen molar-refractivity contribution >= 4 is 0 Å². The molecular weight excluding hydrogens is 210 g/mol. The van der Waals surface area contributed by atoms with Gasteiger partial charge in [-0.1, -0.05) is 33.6 Å². The first-order valence-corrected chi connectivity index (χ1v) is 7.25. The van der Waals surface area contributed by atoms with Gasteiger partial charge in [-0.15, -0.1) is 0 Å². The first-order chi connectivity index (χ1) is 8.11. The van der Waals surface area contributed by atoms with Crippen LogP contribution >= 0.6 is 0 Å². The maximum atomic E-state index is 6.10. The van der Waals surface area contributed by atoms with Crippen molar-refractivity contribution in [3.63, 3.8) is 0 Å². The number of likely N-dealkylation sites (tertiary alicyclic amines) is 1. The number of rotatable bonds is 7. The Bertz CT molecular complexity index is 216. The van der Waals surface area contributed by atoms with Crippen LogP contribution < -0.4 is 5.73 Å². The molecule has 1 rings (SSSR count). The molecule has 0 bridgehead atoms. The number of likely N-dealkylation sites (N-methyl/N-ethyl adjacent to an activating group) is 2. The van der Waals surface area contributed by atoms with E-state index >= 15 is 0 Å². The smallest absolute Gasteiger partial charge is 0.0470 e. The first-order valence-electron chi connectivity index (χ1n) is 7.25. The summed E-state index contributed by atoms with van der Waals surface area (Å²) in [6.07, 6.45) is 3.79. The third-order valence-electron chi connectivity index (χ3n) is 4.59. The first kappa shape index (κ1) is 14.9. The summed E-state index contributed by atoms with van der Waals surface area (Å²) in [6.45, 7) is 12.4. The summed E-state index contributed by atoms with van der Waals surface area (Å²) in [5.74, 6) is 0.823. The van der Waals surface area contributed by atoms with Crippen LogP contribution in [0.1, 0.15) is 40.0 Å². The monoisotopic (exact) mass is 241 g/mol. The van der Waals surface area contributed by atoms with Gasteiger partial charge >= 0.3 is 0 Å². The quantitative estimate of drug-likeness (QED) is 0.737. The van der Waals surface area contributed by atoms with E-state index in [0.29, 0.717) is 0 Å². The lowest BCUT2D eigenvalue weighted by atomic mass is 9.93. The van der Waals surface area contributed by atoms with E-state index in [0.717, 1.165) is 25.6 Å². The van der Waals surface area contributed by atoms with Gasteiger partial charge in [0.2, 0.25) is 0 Å². The zero-order chi connectivity index (χ0) is 12.9. The fourth-order valence-electron chi connectivity index (χ4n) is 3.13. The fourth-order valence-corrected chi connectivity index (χ4v) is 3.13. The van der Waals surface area contributed by atoms with E-state index in [1.54, 1.807) is 0 Å². The van der Waals surface area contributed by atoms with Crippen LogP contribution in [0.15, 0.2) is 0 Å². The van der Waals surface area contributed by atoms with Gasteiger partial charge in [0.15, 0.2) is 0 Å². The normalized spacial score (nSPS) is 26.3. The maximum absolute atomic E-state index is 6.10. The molecule has 0 radical (unpaired) electrons. The van der Waals surface area contributed by atoms with Gasteiger partial charge in [-0.25, -0.2) is 0 Å². The molecule has 0 amide bonds. The van der Waals surface area contributed by atoms with E-state index in [9.17, 15) is 0 Å². The van der Waals surface area contributed by atoms with E-state index in [1.807, 2.05) is 0 Å². The van der Waals surface area contributed by atoms with Crippen LogP contribution in [0.3, 0.4) is 0 Å². The molecule has 1 heterocycles. The largest absolute Gasteiger partial charge is 0.329 e. The van der Waals surface area contributed by atoms with Crippen molar-refractivity contribution in [1.82, 2.24) is 9.80 Å². The van der Waals surface area contributed by atoms with Crippen LogP contribution in [0.4, 0.5) is 0 Å². The van der Waals surface area contributed by atoms with Crippen LogP contribution in [0.25, 0.3) is 0 Å². The zero-order valence-electron chi connectivity index (χ0n) is 12.2. The summed E-state index contributed by atoms with van der Waals surface area (Å²) in [5, 5.41) is 0. The topological polar surface area (TPSA) is 32.5 Å². The lowest BCUT2D eigenvalue weighted by Gasteiger charge is -2.41. The van der Waals surface area contributed by atoms with Gasteiger partial charge < -0.3 is 10.6 Å². The molecule has 0 saturated carbocycles. The molecule has 102 valence electrons. The molecule has 1 atom stereocenters. The second-order valence-electron chi connectivity index (χ2n) is 5.64. The number of nitrogens with two attached hydrogens (primary N) is 1. The highest BCUT2D eigenvalue weighted by molar-refractivity contribution is 4.99. The van der Waals surface area contributed by atoms with Crippen LogP contribution in [0.2, 0.25) is 0 Å². The second-order valence-corrected chi connectivity index (χ2v) is 5.64. The van der Waals surface area contributed by atoms with Gasteiger partial charge in [-0.05, 0) is 32.5 Å². The molecule has 17 heavy (non-hydrogen) atoms. The molecule has 2 N–H and O–H groups in total. The van der Waals surface area contributed by atoms with E-state index in [2.05, 4.69) is 37.6 Å². The Morgan fingerprint density at radius 1 is 1.29 bits per heavy atom. The zero-order valence-corrected chi connectivity index (χ0v) is 12.2. The maximum Gasteiger partial charge on any atom is 0.0470 e. The van der Waals surface area contributed by atoms with Gasteiger partial charge in [0.25, 0.3) is 0 Å². The number of hydrogen-bond acceptors (Lipinski definition) is 3. The summed E-state index contributed by atoms with van der Waals surface area (Å²) in [4.78, 5) is 5.07. The molecule has 0 aromatic carbocycles. The Morgan fingerprint density at radius 3 is 2.29 bits per heavy atom. The third-order valence-corrected chi connectivity index (χ3v) is 4.59. The lowest BCUT2D eigenvalue weighted by Crippen LogP contribution is -2.56. The van der Waals surface area contributed by atoms with E-state index < -0.39 is 0 Å². The summed E-state index contributed by atoms with van der Waals surface area (Å²) in [6, 6.07) is 0. The molecule has 1 unspecified atom stereocenters. The van der Waals surface area contributed by atoms with Crippen molar-refractivity contribution in [1.29, 1.82) is 0 Å². The molecule has 0 aromatic heterocycles. The van der Waals surface area contributed by atoms with Gasteiger partial charge in [0, 0.05) is 25.2 Å². The molecule has 1 aliphatic rings. The van der Waals surface area contributed by atoms with E-state index in [1.165, 1.54) is 32.4 Å². The van der Waals surface area contributed by atoms with E-state index in [-0.39, 0.29) is 5.54 Å². The minimum absolute atomic E-state index is 0.242. The van der Waals surface area contributed by atoms with Crippen molar-refractivity contribution in [2.75, 3.05) is 39.8 Å². The van der Waals surface area contributed by atoms with Crippen LogP contribution in [0.5, 0.6) is 0 Å². The van der Waals surface area contributed by atoms with Crippen molar-refractivity contribution < 1.29 is 0 Å². The highest BCUT2D eigenvalue weighted by Crippen LogP contribution is 2.28. The predicted molar refractivity (Wildman–Crippen MR) is 75.2 cm³/mol. The van der Waals surface area contributed by atoms with Gasteiger partial charge in [0.1, 0.15) is 0 Å². The van der Waals surface area contributed by atoms with Crippen molar-refractivity contribution in [2.45, 2.75) is 45.6 Å². The minimum atomic E-state index is 0.242. The Hall–Kier alpha value is -0.120. The summed E-state index contributed by atoms with van der Waals surface area (Å²) in [5.41, 5.74) is 6.34. The summed E-state index contributed by atoms with van der Waals surface area (Å²) in [7, 11) is 2.21.